The third kappa shape index (κ3) is 13.5. The minimum absolute atomic E-state index is 0.00999. The second-order valence-corrected chi connectivity index (χ2v) is 16.9. The number of aliphatic hydroxyl groups excluding tert-OH is 1. The average molecular weight is 996 g/mol. The highest BCUT2D eigenvalue weighted by Crippen LogP contribution is 2.35. The monoisotopic (exact) mass is 995 g/mol. The minimum atomic E-state index is -1.86. The SMILES string of the molecule is COc1ccc(OC[C@H]2O[C@@H](OCc3ccccc3)[C@H](NC(C)=O)[C@H](O)[C@@H]2O[C@@H]2O[C@H](COC(=O)c3ccccc3)[C@H](OC(=O)c3ccccc3)[C@H](OC(=O)c3ccccc3)[C@H]2OC(=O)c2ccccc2)cc1. The molecule has 17 nitrogen and oxygen atoms in total. The van der Waals surface area contributed by atoms with Gasteiger partial charge in [0.25, 0.3) is 0 Å². The Bertz CT molecular complexity index is 2730. The highest BCUT2D eigenvalue weighted by atomic mass is 16.8. The third-order valence-corrected chi connectivity index (χ3v) is 11.8. The van der Waals surface area contributed by atoms with Crippen LogP contribution in [0.25, 0.3) is 0 Å². The van der Waals surface area contributed by atoms with Gasteiger partial charge in [0, 0.05) is 6.92 Å². The van der Waals surface area contributed by atoms with Gasteiger partial charge in [0.05, 0.1) is 36.0 Å². The molecule has 0 aromatic heterocycles. The lowest BCUT2D eigenvalue weighted by atomic mass is 9.95. The van der Waals surface area contributed by atoms with E-state index in [0.717, 1.165) is 5.56 Å². The zero-order valence-corrected chi connectivity index (χ0v) is 39.7. The summed E-state index contributed by atoms with van der Waals surface area (Å²) >= 11 is 0. The van der Waals surface area contributed by atoms with Crippen molar-refractivity contribution in [2.45, 2.75) is 74.9 Å². The van der Waals surface area contributed by atoms with Gasteiger partial charge in [-0.15, -0.1) is 0 Å². The number of rotatable bonds is 19. The van der Waals surface area contributed by atoms with Crippen LogP contribution < -0.4 is 14.8 Å². The maximum Gasteiger partial charge on any atom is 0.338 e. The number of hydrogen-bond acceptors (Lipinski definition) is 16. The molecular formula is C56H53NO16. The second kappa shape index (κ2) is 24.9. The molecule has 2 aliphatic rings. The predicted octanol–water partition coefficient (Wildman–Crippen LogP) is 6.53. The number of amides is 1. The van der Waals surface area contributed by atoms with Crippen LogP contribution in [0.15, 0.2) is 176 Å². The molecule has 17 heteroatoms. The van der Waals surface area contributed by atoms with Gasteiger partial charge in [0.2, 0.25) is 5.91 Å². The fourth-order valence-electron chi connectivity index (χ4n) is 8.15. The van der Waals surface area contributed by atoms with E-state index in [1.54, 1.807) is 97.1 Å². The topological polar surface area (TPSA) is 210 Å². The van der Waals surface area contributed by atoms with Crippen molar-refractivity contribution in [3.8, 4) is 11.5 Å². The molecule has 8 rings (SSSR count). The molecule has 6 aromatic carbocycles. The van der Waals surface area contributed by atoms with E-state index >= 15 is 0 Å². The Morgan fingerprint density at radius 2 is 0.945 bits per heavy atom. The summed E-state index contributed by atoms with van der Waals surface area (Å²) in [7, 11) is 1.52. The van der Waals surface area contributed by atoms with Gasteiger partial charge in [-0.25, -0.2) is 19.2 Å². The highest BCUT2D eigenvalue weighted by Gasteiger charge is 2.57. The molecule has 2 saturated heterocycles. The Morgan fingerprint density at radius 3 is 1.45 bits per heavy atom. The van der Waals surface area contributed by atoms with E-state index in [4.69, 9.17) is 47.4 Å². The molecule has 378 valence electrons. The summed E-state index contributed by atoms with van der Waals surface area (Å²) < 4.78 is 62.2. The van der Waals surface area contributed by atoms with Gasteiger partial charge in [-0.05, 0) is 78.4 Å². The van der Waals surface area contributed by atoms with Gasteiger partial charge in [0.1, 0.15) is 55.2 Å². The van der Waals surface area contributed by atoms with E-state index in [0.29, 0.717) is 11.5 Å². The van der Waals surface area contributed by atoms with E-state index in [9.17, 15) is 29.1 Å². The van der Waals surface area contributed by atoms with E-state index in [1.165, 1.54) is 62.6 Å². The van der Waals surface area contributed by atoms with Crippen LogP contribution in [0.3, 0.4) is 0 Å². The number of carbonyl (C=O) groups excluding carboxylic acids is 5. The summed E-state index contributed by atoms with van der Waals surface area (Å²) in [5.74, 6) is -3.14. The highest BCUT2D eigenvalue weighted by molar-refractivity contribution is 5.91. The van der Waals surface area contributed by atoms with Crippen molar-refractivity contribution in [1.29, 1.82) is 0 Å². The molecule has 0 saturated carbocycles. The summed E-state index contributed by atoms with van der Waals surface area (Å²) in [5, 5.41) is 15.3. The van der Waals surface area contributed by atoms with Crippen LogP contribution in [0, 0.1) is 0 Å². The smallest absolute Gasteiger partial charge is 0.338 e. The van der Waals surface area contributed by atoms with Crippen LogP contribution in [0.4, 0.5) is 0 Å². The molecule has 6 aromatic rings. The van der Waals surface area contributed by atoms with Crippen molar-refractivity contribution in [2.24, 2.45) is 0 Å². The van der Waals surface area contributed by atoms with Crippen molar-refractivity contribution in [1.82, 2.24) is 5.32 Å². The Hall–Kier alpha value is -7.93. The maximum atomic E-state index is 14.3. The van der Waals surface area contributed by atoms with Crippen molar-refractivity contribution in [3.63, 3.8) is 0 Å². The summed E-state index contributed by atoms with van der Waals surface area (Å²) in [6.07, 6.45) is -14.5. The molecule has 0 aliphatic carbocycles. The van der Waals surface area contributed by atoms with Gasteiger partial charge in [0.15, 0.2) is 30.9 Å². The van der Waals surface area contributed by atoms with E-state index in [1.807, 2.05) is 30.3 Å². The second-order valence-electron chi connectivity index (χ2n) is 16.9. The molecule has 2 heterocycles. The number of benzene rings is 6. The van der Waals surface area contributed by atoms with E-state index in [-0.39, 0.29) is 35.5 Å². The third-order valence-electron chi connectivity index (χ3n) is 11.8. The molecule has 10 atom stereocenters. The number of carbonyl (C=O) groups is 5. The molecule has 0 radical (unpaired) electrons. The number of methoxy groups -OCH3 is 1. The van der Waals surface area contributed by atoms with Gasteiger partial charge in [-0.3, -0.25) is 4.79 Å². The molecule has 73 heavy (non-hydrogen) atoms. The van der Waals surface area contributed by atoms with Crippen LogP contribution in [0.1, 0.15) is 53.9 Å². The molecule has 0 spiro atoms. The maximum absolute atomic E-state index is 14.3. The number of hydrogen-bond donors (Lipinski definition) is 2. The lowest BCUT2D eigenvalue weighted by molar-refractivity contribution is -0.346. The first kappa shape index (κ1) is 51.4. The van der Waals surface area contributed by atoms with Crippen molar-refractivity contribution in [2.75, 3.05) is 20.3 Å². The van der Waals surface area contributed by atoms with Crippen LogP contribution in [0.2, 0.25) is 0 Å². The molecular weight excluding hydrogens is 943 g/mol. The van der Waals surface area contributed by atoms with Crippen molar-refractivity contribution >= 4 is 29.8 Å². The first-order valence-corrected chi connectivity index (χ1v) is 23.4. The summed E-state index contributed by atoms with van der Waals surface area (Å²) in [4.78, 5) is 69.1. The van der Waals surface area contributed by atoms with E-state index in [2.05, 4.69) is 5.32 Å². The average Bonchev–Trinajstić information content (AvgIpc) is 3.43. The van der Waals surface area contributed by atoms with E-state index < -0.39 is 97.7 Å². The van der Waals surface area contributed by atoms with Gasteiger partial charge < -0.3 is 57.8 Å². The Kier molecular flexibility index (Phi) is 17.6. The Balaban J connectivity index is 1.21. The predicted molar refractivity (Wildman–Crippen MR) is 259 cm³/mol. The zero-order valence-electron chi connectivity index (χ0n) is 39.7. The van der Waals surface area contributed by atoms with Crippen LogP contribution in [-0.2, 0) is 49.3 Å². The van der Waals surface area contributed by atoms with Gasteiger partial charge in [-0.2, -0.15) is 0 Å². The quantitative estimate of drug-likeness (QED) is 0.0653. The van der Waals surface area contributed by atoms with Gasteiger partial charge in [-0.1, -0.05) is 103 Å². The zero-order chi connectivity index (χ0) is 51.1. The number of nitrogens with one attached hydrogen (secondary N) is 1. The molecule has 0 unspecified atom stereocenters. The molecule has 2 fully saturated rings. The molecule has 0 bridgehead atoms. The first-order valence-electron chi connectivity index (χ1n) is 23.4. The number of ether oxygens (including phenoxy) is 10. The van der Waals surface area contributed by atoms with Crippen molar-refractivity contribution in [3.05, 3.63) is 204 Å². The van der Waals surface area contributed by atoms with Crippen LogP contribution >= 0.6 is 0 Å². The fraction of sp³-hybridized carbons (Fsp3) is 0.268. The Morgan fingerprint density at radius 1 is 0.507 bits per heavy atom. The lowest BCUT2D eigenvalue weighted by Gasteiger charge is -2.48. The first-order chi connectivity index (χ1) is 35.5. The Labute approximate surface area is 420 Å². The lowest BCUT2D eigenvalue weighted by Crippen LogP contribution is -2.68. The molecule has 2 N–H and O–H groups in total. The van der Waals surface area contributed by atoms with Crippen LogP contribution in [0.5, 0.6) is 11.5 Å². The molecule has 1 amide bonds. The van der Waals surface area contributed by atoms with Gasteiger partial charge >= 0.3 is 23.9 Å². The minimum Gasteiger partial charge on any atom is -0.497 e. The largest absolute Gasteiger partial charge is 0.497 e. The van der Waals surface area contributed by atoms with Crippen LogP contribution in [-0.4, -0.2) is 117 Å². The fourth-order valence-corrected chi connectivity index (χ4v) is 8.15. The summed E-state index contributed by atoms with van der Waals surface area (Å²) in [6.45, 7) is 0.310. The summed E-state index contributed by atoms with van der Waals surface area (Å²) in [5.41, 5.74) is 1.19. The number of aliphatic hydroxyl groups is 1. The number of esters is 4. The normalized spacial score (nSPS) is 23.4. The summed E-state index contributed by atoms with van der Waals surface area (Å²) in [6, 6.07) is 46.3. The standard InChI is InChI=1S/C56H53NO16/c1-35(58)57-45-46(59)47(43(33-65-42-30-28-41(64-2)29-31-42)68-55(45)67-32-36-18-8-3-9-19-36)73-56-50(72-54(63)40-26-16-7-17-27-40)49(71-53(62)39-24-14-6-15-25-39)48(70-52(61)38-22-12-5-13-23-38)44(69-56)34-66-51(60)37-20-10-4-11-21-37/h3-31,43-50,55-56,59H,32-34H2,1-2H3,(H,57,58)/t43-,44-,45-,46+,47-,48+,49+,50-,55-,56+/m1/s1. The van der Waals surface area contributed by atoms with Crippen molar-refractivity contribution < 1.29 is 76.4 Å². The molecule has 2 aliphatic heterocycles.